The molecule has 2 N–H and O–H groups in total. The number of carbonyl (C=O) groups excluding carboxylic acids is 2. The number of nitrogens with zero attached hydrogens (tertiary/aromatic N) is 2. The summed E-state index contributed by atoms with van der Waals surface area (Å²) >= 11 is 0. The molecule has 2 atom stereocenters. The van der Waals surface area contributed by atoms with Gasteiger partial charge in [0.1, 0.15) is 18.8 Å². The fourth-order valence-corrected chi connectivity index (χ4v) is 5.54. The zero-order valence-corrected chi connectivity index (χ0v) is 27.6. The number of rotatable bonds is 11. The Balaban J connectivity index is 1.92. The van der Waals surface area contributed by atoms with Gasteiger partial charge in [0.25, 0.3) is 5.56 Å². The lowest BCUT2D eigenvalue weighted by molar-refractivity contribution is -0.210. The van der Waals surface area contributed by atoms with Gasteiger partial charge < -0.3 is 14.5 Å². The topological polar surface area (TPSA) is 112 Å². The highest BCUT2D eigenvalue weighted by Crippen LogP contribution is 2.41. The van der Waals surface area contributed by atoms with E-state index in [1.54, 1.807) is 63.3 Å². The van der Waals surface area contributed by atoms with Gasteiger partial charge in [0, 0.05) is 18.0 Å². The molecule has 0 bridgehead atoms. The van der Waals surface area contributed by atoms with Gasteiger partial charge in [0.05, 0.1) is 11.7 Å². The van der Waals surface area contributed by atoms with Crippen LogP contribution in [0.15, 0.2) is 71.8 Å². The molecule has 3 rings (SSSR count). The monoisotopic (exact) mass is 646 g/mol. The summed E-state index contributed by atoms with van der Waals surface area (Å²) < 4.78 is 55.5. The zero-order valence-electron chi connectivity index (χ0n) is 26.6. The van der Waals surface area contributed by atoms with Gasteiger partial charge in [-0.15, -0.1) is 0 Å². The number of aromatic nitrogens is 2. The summed E-state index contributed by atoms with van der Waals surface area (Å²) in [4.78, 5) is 43.6. The average Bonchev–Trinajstić information content (AvgIpc) is 2.95. The van der Waals surface area contributed by atoms with E-state index in [-0.39, 0.29) is 18.0 Å². The number of pyridine rings is 2. The molecule has 9 nitrogen and oxygen atoms in total. The third-order valence-electron chi connectivity index (χ3n) is 7.81. The van der Waals surface area contributed by atoms with Gasteiger partial charge in [-0.1, -0.05) is 65.0 Å². The standard InChI is InChI=1S/C32H41F3N4O5Si/c1-21(2)27(28(32(33,34)35)44-45(6,7)31(3,4)5)38-26(40)19-39-25(23-14-11-17-36-18-23)16-15-24(29(39)41)37-30(42)43-20-22-12-9-8-10-13-22/h8-18,21,27-28H,19-20H2,1-7H3,(H,37,42)(H,38,40). The Bertz CT molecular complexity index is 1510. The Morgan fingerprint density at radius 2 is 1.67 bits per heavy atom. The van der Waals surface area contributed by atoms with Crippen molar-refractivity contribution in [3.05, 3.63) is 82.9 Å². The van der Waals surface area contributed by atoms with E-state index in [1.807, 2.05) is 26.8 Å². The first-order chi connectivity index (χ1) is 20.9. The molecule has 244 valence electrons. The Morgan fingerprint density at radius 3 is 2.22 bits per heavy atom. The Morgan fingerprint density at radius 1 is 1.00 bits per heavy atom. The molecule has 2 unspecified atom stereocenters. The third-order valence-corrected chi connectivity index (χ3v) is 12.3. The number of benzene rings is 1. The van der Waals surface area contributed by atoms with E-state index >= 15 is 0 Å². The molecule has 0 aliphatic rings. The summed E-state index contributed by atoms with van der Waals surface area (Å²) in [6.45, 7) is 11.4. The summed E-state index contributed by atoms with van der Waals surface area (Å²) in [5, 5.41) is 4.39. The van der Waals surface area contributed by atoms with Crippen LogP contribution < -0.4 is 16.2 Å². The number of ether oxygens (including phenoxy) is 1. The minimum Gasteiger partial charge on any atom is -0.444 e. The van der Waals surface area contributed by atoms with Crippen molar-refractivity contribution in [2.24, 2.45) is 5.92 Å². The third kappa shape index (κ3) is 9.51. The van der Waals surface area contributed by atoms with Crippen LogP contribution in [-0.2, 0) is 27.1 Å². The van der Waals surface area contributed by atoms with Crippen LogP contribution in [0.3, 0.4) is 0 Å². The van der Waals surface area contributed by atoms with E-state index in [1.165, 1.54) is 24.5 Å². The first-order valence-corrected chi connectivity index (χ1v) is 17.5. The maximum Gasteiger partial charge on any atom is 0.415 e. The van der Waals surface area contributed by atoms with Gasteiger partial charge in [-0.05, 0) is 53.9 Å². The highest BCUT2D eigenvalue weighted by Gasteiger charge is 2.52. The largest absolute Gasteiger partial charge is 0.444 e. The molecular weight excluding hydrogens is 605 g/mol. The van der Waals surface area contributed by atoms with Gasteiger partial charge >= 0.3 is 12.3 Å². The van der Waals surface area contributed by atoms with Crippen LogP contribution >= 0.6 is 0 Å². The van der Waals surface area contributed by atoms with Gasteiger partial charge in [0.2, 0.25) is 5.91 Å². The van der Waals surface area contributed by atoms with Crippen molar-refractivity contribution in [1.82, 2.24) is 14.9 Å². The van der Waals surface area contributed by atoms with E-state index in [0.717, 1.165) is 10.1 Å². The van der Waals surface area contributed by atoms with Crippen molar-refractivity contribution in [2.75, 3.05) is 5.32 Å². The van der Waals surface area contributed by atoms with Crippen LogP contribution in [0.25, 0.3) is 11.3 Å². The smallest absolute Gasteiger partial charge is 0.415 e. The van der Waals surface area contributed by atoms with Crippen molar-refractivity contribution in [1.29, 1.82) is 0 Å². The number of amides is 2. The normalized spacial score (nSPS) is 13.7. The molecule has 0 fully saturated rings. The van der Waals surface area contributed by atoms with Gasteiger partial charge in [0.15, 0.2) is 14.4 Å². The van der Waals surface area contributed by atoms with Gasteiger partial charge in [-0.3, -0.25) is 24.5 Å². The number of hydrogen-bond donors (Lipinski definition) is 2. The Hall–Kier alpha value is -3.97. The first kappa shape index (κ1) is 35.5. The van der Waals surface area contributed by atoms with E-state index in [4.69, 9.17) is 9.16 Å². The lowest BCUT2D eigenvalue weighted by atomic mass is 9.98. The molecule has 0 aliphatic heterocycles. The molecule has 0 aliphatic carbocycles. The quantitative estimate of drug-likeness (QED) is 0.223. The summed E-state index contributed by atoms with van der Waals surface area (Å²) in [6.07, 6.45) is -4.90. The summed E-state index contributed by atoms with van der Waals surface area (Å²) in [7, 11) is -2.91. The second-order valence-electron chi connectivity index (χ2n) is 12.6. The molecule has 0 spiro atoms. The molecule has 0 saturated carbocycles. The molecule has 1 aromatic carbocycles. The van der Waals surface area contributed by atoms with Gasteiger partial charge in [-0.2, -0.15) is 13.2 Å². The van der Waals surface area contributed by atoms with Crippen molar-refractivity contribution < 1.29 is 31.9 Å². The lowest BCUT2D eigenvalue weighted by Crippen LogP contribution is -2.59. The fourth-order valence-electron chi connectivity index (χ4n) is 4.27. The molecule has 2 amide bonds. The Labute approximate surface area is 262 Å². The summed E-state index contributed by atoms with van der Waals surface area (Å²) in [5.74, 6) is -1.50. The number of halogens is 3. The molecule has 3 aromatic rings. The summed E-state index contributed by atoms with van der Waals surface area (Å²) in [5.41, 5.74) is 0.563. The summed E-state index contributed by atoms with van der Waals surface area (Å²) in [6, 6.07) is 13.7. The number of anilines is 1. The van der Waals surface area contributed by atoms with Crippen LogP contribution in [0.2, 0.25) is 18.1 Å². The van der Waals surface area contributed by atoms with E-state index in [2.05, 4.69) is 15.6 Å². The molecule has 45 heavy (non-hydrogen) atoms. The predicted octanol–water partition coefficient (Wildman–Crippen LogP) is 6.75. The second-order valence-corrected chi connectivity index (χ2v) is 17.4. The second kappa shape index (κ2) is 14.4. The van der Waals surface area contributed by atoms with Crippen molar-refractivity contribution in [2.45, 2.75) is 84.2 Å². The number of carbonyl (C=O) groups is 2. The molecule has 0 saturated heterocycles. The molecule has 2 aromatic heterocycles. The highest BCUT2D eigenvalue weighted by atomic mass is 28.4. The van der Waals surface area contributed by atoms with Crippen LogP contribution in [0.4, 0.5) is 23.7 Å². The van der Waals surface area contributed by atoms with Crippen LogP contribution in [-0.4, -0.2) is 48.2 Å². The maximum absolute atomic E-state index is 14.5. The van der Waals surface area contributed by atoms with Crippen LogP contribution in [0.1, 0.15) is 40.2 Å². The van der Waals surface area contributed by atoms with E-state index in [0.29, 0.717) is 5.56 Å². The molecular formula is C32H41F3N4O5Si. The van der Waals surface area contributed by atoms with Crippen molar-refractivity contribution >= 4 is 26.0 Å². The first-order valence-electron chi connectivity index (χ1n) is 14.6. The van der Waals surface area contributed by atoms with Crippen molar-refractivity contribution in [3.8, 4) is 11.3 Å². The maximum atomic E-state index is 14.5. The highest BCUT2D eigenvalue weighted by molar-refractivity contribution is 6.74. The SMILES string of the molecule is CC(C)C(NC(=O)Cn1c(-c2cccnc2)ccc(NC(=O)OCc2ccccc2)c1=O)C(O[Si](C)(C)C(C)(C)C)C(F)(F)F. The minimum absolute atomic E-state index is 0.0368. The van der Waals surface area contributed by atoms with Crippen LogP contribution in [0.5, 0.6) is 0 Å². The number of hydrogen-bond acceptors (Lipinski definition) is 6. The Kier molecular flexibility index (Phi) is 11.4. The van der Waals surface area contributed by atoms with E-state index in [9.17, 15) is 27.6 Å². The minimum atomic E-state index is -4.76. The zero-order chi connectivity index (χ0) is 33.6. The van der Waals surface area contributed by atoms with Crippen molar-refractivity contribution in [3.63, 3.8) is 0 Å². The molecule has 0 radical (unpaired) electrons. The predicted molar refractivity (Wildman–Crippen MR) is 169 cm³/mol. The number of alkyl halides is 3. The molecule has 2 heterocycles. The van der Waals surface area contributed by atoms with E-state index < -0.39 is 61.7 Å². The van der Waals surface area contributed by atoms with Crippen LogP contribution in [0, 0.1) is 5.92 Å². The van der Waals surface area contributed by atoms with Gasteiger partial charge in [-0.25, -0.2) is 4.79 Å². The fraction of sp³-hybridized carbons (Fsp3) is 0.438. The average molecular weight is 647 g/mol. The number of nitrogens with one attached hydrogen (secondary N) is 2. The molecule has 13 heteroatoms. The lowest BCUT2D eigenvalue weighted by Gasteiger charge is -2.42.